The Bertz CT molecular complexity index is 94.6. The van der Waals surface area contributed by atoms with Gasteiger partial charge in [0, 0.05) is 0 Å². The van der Waals surface area contributed by atoms with Gasteiger partial charge in [0.05, 0.1) is 13.3 Å². The molecule has 0 aromatic heterocycles. The topological polar surface area (TPSA) is 89.8 Å². The van der Waals surface area contributed by atoms with E-state index in [1.54, 1.807) is 0 Å². The van der Waals surface area contributed by atoms with Crippen molar-refractivity contribution in [2.24, 2.45) is 0 Å². The first kappa shape index (κ1) is 8.35. The van der Waals surface area contributed by atoms with Crippen LogP contribution in [0.4, 0.5) is 0 Å². The average Bonchev–Trinajstić information content (AvgIpc) is 1.82. The van der Waals surface area contributed by atoms with Crippen molar-refractivity contribution in [3.05, 3.63) is 0 Å². The molecule has 0 heterocycles. The zero-order valence-electron chi connectivity index (χ0n) is 4.74. The molecule has 0 radical (unpaired) electrons. The van der Waals surface area contributed by atoms with Crippen molar-refractivity contribution in [2.75, 3.05) is 13.3 Å². The molecule has 0 aliphatic carbocycles. The molecule has 0 spiro atoms. The second-order valence-electron chi connectivity index (χ2n) is 1.44. The minimum absolute atomic E-state index is 0.447. The fraction of sp³-hybridized carbons (Fsp3) is 0.750. The molecule has 0 saturated heterocycles. The van der Waals surface area contributed by atoms with Crippen LogP contribution in [0.3, 0.4) is 0 Å². The Hall–Kier alpha value is -0.650. The van der Waals surface area contributed by atoms with E-state index < -0.39 is 25.3 Å². The largest absolute Gasteiger partial charge is 0.480 e. The molecule has 0 saturated carbocycles. The summed E-state index contributed by atoms with van der Waals surface area (Å²) in [6, 6.07) is -1.06. The molecule has 0 fully saturated rings. The predicted octanol–water partition coefficient (Wildman–Crippen LogP) is -2.03. The van der Waals surface area contributed by atoms with Gasteiger partial charge in [0.1, 0.15) is 6.04 Å². The number of rotatable bonds is 4. The van der Waals surface area contributed by atoms with Crippen LogP contribution in [0.5, 0.6) is 0 Å². The molecule has 0 aromatic carbocycles. The van der Waals surface area contributed by atoms with Crippen molar-refractivity contribution in [1.29, 1.82) is 0 Å². The number of aliphatic carboxylic acids is 1. The van der Waals surface area contributed by atoms with Gasteiger partial charge in [-0.1, -0.05) is 0 Å². The maximum absolute atomic E-state index is 9.99. The number of nitrogens with one attached hydrogen (secondary N) is 1. The van der Waals surface area contributed by atoms with Crippen LogP contribution in [-0.2, 0) is 4.79 Å². The van der Waals surface area contributed by atoms with Gasteiger partial charge >= 0.3 is 5.97 Å². The van der Waals surface area contributed by atoms with Crippen molar-refractivity contribution in [3.63, 3.8) is 0 Å². The first-order chi connectivity index (χ1) is 4.22. The summed E-state index contributed by atoms with van der Waals surface area (Å²) >= 11 is 0. The third kappa shape index (κ3) is 3.02. The minimum atomic E-state index is -1.17. The van der Waals surface area contributed by atoms with Crippen LogP contribution in [0.15, 0.2) is 0 Å². The van der Waals surface area contributed by atoms with Gasteiger partial charge in [-0.3, -0.25) is 10.1 Å². The lowest BCUT2D eigenvalue weighted by molar-refractivity contribution is -0.140. The van der Waals surface area contributed by atoms with E-state index in [-0.39, 0.29) is 0 Å². The van der Waals surface area contributed by atoms with Gasteiger partial charge in [0.25, 0.3) is 0 Å². The van der Waals surface area contributed by atoms with Crippen LogP contribution in [-0.4, -0.2) is 40.7 Å². The fourth-order valence-corrected chi connectivity index (χ4v) is 0.340. The Balaban J connectivity index is 3.54. The van der Waals surface area contributed by atoms with Gasteiger partial charge in [-0.15, -0.1) is 0 Å². The number of hydrogen-bond acceptors (Lipinski definition) is 4. The Labute approximate surface area is 51.9 Å². The van der Waals surface area contributed by atoms with Gasteiger partial charge in [0.2, 0.25) is 0 Å². The molecular formula is C4H9NO4. The molecule has 0 aromatic rings. The van der Waals surface area contributed by atoms with Gasteiger partial charge in [-0.05, 0) is 0 Å². The molecule has 0 aliphatic heterocycles. The number of carbonyl (C=O) groups is 1. The first-order valence-electron chi connectivity index (χ1n) is 2.40. The molecule has 1 atom stereocenters. The van der Waals surface area contributed by atoms with Crippen molar-refractivity contribution in [2.45, 2.75) is 6.04 Å². The summed E-state index contributed by atoms with van der Waals surface area (Å²) in [5, 5.41) is 26.7. The van der Waals surface area contributed by atoms with Crippen LogP contribution in [0.1, 0.15) is 0 Å². The average molecular weight is 135 g/mol. The molecule has 0 bridgehead atoms. The van der Waals surface area contributed by atoms with E-state index in [0.29, 0.717) is 0 Å². The van der Waals surface area contributed by atoms with Gasteiger partial charge in [-0.2, -0.15) is 0 Å². The Morgan fingerprint density at radius 3 is 2.22 bits per heavy atom. The smallest absolute Gasteiger partial charge is 0.323 e. The third-order valence-electron chi connectivity index (χ3n) is 0.818. The van der Waals surface area contributed by atoms with Crippen LogP contribution in [0.2, 0.25) is 0 Å². The van der Waals surface area contributed by atoms with Crippen molar-refractivity contribution < 1.29 is 20.1 Å². The lowest BCUT2D eigenvalue weighted by Crippen LogP contribution is -2.40. The Morgan fingerprint density at radius 2 is 2.11 bits per heavy atom. The van der Waals surface area contributed by atoms with Crippen LogP contribution >= 0.6 is 0 Å². The van der Waals surface area contributed by atoms with Crippen molar-refractivity contribution in [1.82, 2.24) is 5.32 Å². The van der Waals surface area contributed by atoms with Gasteiger partial charge in [-0.25, -0.2) is 0 Å². The SMILES string of the molecule is O=C(O)[C@@H](CO)NCO. The minimum Gasteiger partial charge on any atom is -0.480 e. The number of aliphatic hydroxyl groups excluding tert-OH is 2. The standard InChI is InChI=1S/C4H9NO4/c6-1-3(4(8)9)5-2-7/h3,5-7H,1-2H2,(H,8,9)/t3-/m1/s1. The predicted molar refractivity (Wildman–Crippen MR) is 28.7 cm³/mol. The quantitative estimate of drug-likeness (QED) is 0.334. The van der Waals surface area contributed by atoms with E-state index in [1.807, 2.05) is 0 Å². The van der Waals surface area contributed by atoms with Gasteiger partial charge in [0.15, 0.2) is 0 Å². The van der Waals surface area contributed by atoms with Crippen LogP contribution in [0, 0.1) is 0 Å². The summed E-state index contributed by atoms with van der Waals surface area (Å²) in [5.41, 5.74) is 0. The van der Waals surface area contributed by atoms with Gasteiger partial charge < -0.3 is 15.3 Å². The van der Waals surface area contributed by atoms with Crippen molar-refractivity contribution in [3.8, 4) is 0 Å². The molecule has 0 rings (SSSR count). The van der Waals surface area contributed by atoms with Crippen LogP contribution in [0.25, 0.3) is 0 Å². The Morgan fingerprint density at radius 1 is 1.56 bits per heavy atom. The van der Waals surface area contributed by atoms with E-state index in [9.17, 15) is 4.79 Å². The summed E-state index contributed by atoms with van der Waals surface area (Å²) in [6.45, 7) is -0.965. The van der Waals surface area contributed by atoms with Crippen LogP contribution < -0.4 is 5.32 Å². The fourth-order valence-electron chi connectivity index (χ4n) is 0.340. The zero-order valence-corrected chi connectivity index (χ0v) is 4.74. The van der Waals surface area contributed by atoms with E-state index in [2.05, 4.69) is 5.32 Å². The summed E-state index contributed by atoms with van der Waals surface area (Å²) in [5.74, 6) is -1.17. The highest BCUT2D eigenvalue weighted by Gasteiger charge is 2.13. The second-order valence-corrected chi connectivity index (χ2v) is 1.44. The summed E-state index contributed by atoms with van der Waals surface area (Å²) in [6.07, 6.45) is 0. The molecule has 54 valence electrons. The lowest BCUT2D eigenvalue weighted by Gasteiger charge is -2.06. The van der Waals surface area contributed by atoms with E-state index in [4.69, 9.17) is 15.3 Å². The summed E-state index contributed by atoms with van der Waals surface area (Å²) in [7, 11) is 0. The molecule has 5 nitrogen and oxygen atoms in total. The molecule has 0 unspecified atom stereocenters. The summed E-state index contributed by atoms with van der Waals surface area (Å²) in [4.78, 5) is 9.99. The second kappa shape index (κ2) is 4.25. The number of carboxylic acid groups (broad SMARTS) is 1. The third-order valence-corrected chi connectivity index (χ3v) is 0.818. The highest BCUT2D eigenvalue weighted by atomic mass is 16.4. The molecule has 0 aliphatic rings. The van der Waals surface area contributed by atoms with E-state index in [0.717, 1.165) is 0 Å². The number of carboxylic acids is 1. The lowest BCUT2D eigenvalue weighted by atomic mass is 10.3. The molecule has 4 N–H and O–H groups in total. The first-order valence-corrected chi connectivity index (χ1v) is 2.40. The highest BCUT2D eigenvalue weighted by molar-refractivity contribution is 5.73. The molecule has 0 amide bonds. The van der Waals surface area contributed by atoms with E-state index >= 15 is 0 Å². The van der Waals surface area contributed by atoms with E-state index in [1.165, 1.54) is 0 Å². The number of hydrogen-bond donors (Lipinski definition) is 4. The molecule has 9 heavy (non-hydrogen) atoms. The van der Waals surface area contributed by atoms with Crippen molar-refractivity contribution >= 4 is 5.97 Å². The monoisotopic (exact) mass is 135 g/mol. The number of aliphatic hydroxyl groups is 2. The highest BCUT2D eigenvalue weighted by Crippen LogP contribution is 1.78. The zero-order chi connectivity index (χ0) is 7.28. The molecule has 5 heteroatoms. The maximum Gasteiger partial charge on any atom is 0.323 e. The molecular weight excluding hydrogens is 126 g/mol. The maximum atomic E-state index is 9.99. The normalized spacial score (nSPS) is 13.1. The Kier molecular flexibility index (Phi) is 3.94. The summed E-state index contributed by atoms with van der Waals surface area (Å²) < 4.78 is 0.